The van der Waals surface area contributed by atoms with Crippen LogP contribution in [-0.2, 0) is 19.1 Å². The molecule has 1 atom stereocenters. The van der Waals surface area contributed by atoms with Crippen LogP contribution in [0.3, 0.4) is 0 Å². The molecule has 10 nitrogen and oxygen atoms in total. The molecule has 260 valence electrons. The van der Waals surface area contributed by atoms with Gasteiger partial charge in [-0.25, -0.2) is 4.79 Å². The summed E-state index contributed by atoms with van der Waals surface area (Å²) in [4.78, 5) is 38.4. The Hall–Kier alpha value is -3.81. The van der Waals surface area contributed by atoms with E-state index in [9.17, 15) is 19.5 Å². The van der Waals surface area contributed by atoms with Crippen molar-refractivity contribution in [2.75, 3.05) is 23.8 Å². The van der Waals surface area contributed by atoms with Crippen molar-refractivity contribution >= 4 is 40.8 Å². The summed E-state index contributed by atoms with van der Waals surface area (Å²) in [5.74, 6) is -0.959. The molecule has 4 rings (SSSR count). The molecule has 2 amide bonds. The Labute approximate surface area is 288 Å². The molecule has 0 bridgehead atoms. The van der Waals surface area contributed by atoms with E-state index in [1.54, 1.807) is 18.2 Å². The molecule has 0 aliphatic heterocycles. The van der Waals surface area contributed by atoms with Crippen molar-refractivity contribution < 1.29 is 29.0 Å². The number of unbranched alkanes of at least 4 members (excludes halogenated alkanes) is 2. The van der Waals surface area contributed by atoms with E-state index in [0.29, 0.717) is 41.5 Å². The molecule has 0 radical (unpaired) electrons. The maximum Gasteiger partial charge on any atom is 0.333 e. The monoisotopic (exact) mass is 680 g/mol. The molecule has 2 aliphatic carbocycles. The number of hydrogen-bond donors (Lipinski definition) is 4. The first-order valence-corrected chi connectivity index (χ1v) is 17.0. The van der Waals surface area contributed by atoms with Gasteiger partial charge in [0.15, 0.2) is 6.10 Å². The van der Waals surface area contributed by atoms with Crippen LogP contribution >= 0.6 is 11.6 Å². The minimum atomic E-state index is -1.10. The number of hydrogen-bond acceptors (Lipinski definition) is 7. The number of rotatable bonds is 15. The third-order valence-electron chi connectivity index (χ3n) is 9.64. The van der Waals surface area contributed by atoms with Crippen molar-refractivity contribution in [2.45, 2.75) is 98.8 Å². The first-order valence-electron chi connectivity index (χ1n) is 16.6. The topological polar surface area (TPSA) is 150 Å². The number of anilines is 2. The number of carbonyl (C=O) groups excluding carboxylic acids is 2. The van der Waals surface area contributed by atoms with Gasteiger partial charge in [-0.3, -0.25) is 9.59 Å². The molecule has 2 saturated carbocycles. The molecule has 2 aliphatic rings. The summed E-state index contributed by atoms with van der Waals surface area (Å²) in [5, 5.41) is 28.3. The van der Waals surface area contributed by atoms with Gasteiger partial charge >= 0.3 is 5.97 Å². The van der Waals surface area contributed by atoms with E-state index >= 15 is 0 Å². The first-order chi connectivity index (χ1) is 22.4. The number of benzene rings is 2. The Morgan fingerprint density at radius 1 is 0.979 bits per heavy atom. The first kappa shape index (κ1) is 37.0. The molecule has 2 fully saturated rings. The number of nitrogens with one attached hydrogen (secondary N) is 3. The number of amides is 2. The Morgan fingerprint density at radius 3 is 2.15 bits per heavy atom. The highest BCUT2D eigenvalue weighted by Crippen LogP contribution is 2.57. The van der Waals surface area contributed by atoms with Crippen LogP contribution in [0.1, 0.15) is 86.1 Å². The van der Waals surface area contributed by atoms with Crippen molar-refractivity contribution in [2.24, 2.45) is 21.7 Å². The SMILES string of the molecule is CC(C)(C)C(OCCCCCNc1ccc(NC(=O)C2(C(=O)N[C@H]3C(C)(C)[C@H](Oc4ccc(C#N)c(Cl)c4)C3(C)C)CC2)cc1)C(=O)O. The molecule has 4 N–H and O–H groups in total. The third kappa shape index (κ3) is 8.07. The summed E-state index contributed by atoms with van der Waals surface area (Å²) in [7, 11) is 0. The van der Waals surface area contributed by atoms with Crippen LogP contribution in [0, 0.1) is 33.0 Å². The van der Waals surface area contributed by atoms with Gasteiger partial charge in [-0.15, -0.1) is 0 Å². The minimum Gasteiger partial charge on any atom is -0.489 e. The van der Waals surface area contributed by atoms with Gasteiger partial charge in [0, 0.05) is 47.5 Å². The van der Waals surface area contributed by atoms with Crippen LogP contribution < -0.4 is 20.7 Å². The second kappa shape index (κ2) is 14.4. The van der Waals surface area contributed by atoms with Crippen LogP contribution in [0.15, 0.2) is 42.5 Å². The van der Waals surface area contributed by atoms with Gasteiger partial charge in [-0.1, -0.05) is 60.1 Å². The highest BCUT2D eigenvalue weighted by molar-refractivity contribution is 6.31. The Balaban J connectivity index is 1.23. The average molecular weight is 681 g/mol. The van der Waals surface area contributed by atoms with Crippen LogP contribution in [0.2, 0.25) is 5.02 Å². The molecule has 0 heterocycles. The molecule has 0 spiro atoms. The van der Waals surface area contributed by atoms with Gasteiger partial charge in [0.25, 0.3) is 0 Å². The number of carboxylic acids is 1. The van der Waals surface area contributed by atoms with Crippen molar-refractivity contribution in [3.63, 3.8) is 0 Å². The standard InChI is InChI=1S/C37H49ClN4O6/c1-34(2,3)28(29(43)44)47-20-10-8-9-19-40-24-12-14-25(15-13-24)41-32(45)37(17-18-37)33(46)42-30-35(4,5)31(36(30,6)7)48-26-16-11-23(22-39)27(38)21-26/h11-16,21,28,30-31,40H,8-10,17-20H2,1-7H3,(H,41,45)(H,42,46)(H,43,44)/t28?,30-,31-. The van der Waals surface area contributed by atoms with E-state index in [0.717, 1.165) is 31.5 Å². The fourth-order valence-corrected chi connectivity index (χ4v) is 7.21. The van der Waals surface area contributed by atoms with Crippen molar-refractivity contribution in [1.29, 1.82) is 5.26 Å². The van der Waals surface area contributed by atoms with E-state index in [1.807, 2.05) is 78.8 Å². The lowest BCUT2D eigenvalue weighted by molar-refractivity contribution is -0.175. The highest BCUT2D eigenvalue weighted by atomic mass is 35.5. The number of carbonyl (C=O) groups is 3. The smallest absolute Gasteiger partial charge is 0.333 e. The Kier molecular flexibility index (Phi) is 11.1. The van der Waals surface area contributed by atoms with E-state index in [1.165, 1.54) is 0 Å². The molecular formula is C37H49ClN4O6. The van der Waals surface area contributed by atoms with Crippen LogP contribution in [0.25, 0.3) is 0 Å². The zero-order valence-corrected chi connectivity index (χ0v) is 29.8. The molecule has 2 aromatic carbocycles. The van der Waals surface area contributed by atoms with Gasteiger partial charge in [-0.2, -0.15) is 5.26 Å². The van der Waals surface area contributed by atoms with E-state index in [4.69, 9.17) is 26.3 Å². The van der Waals surface area contributed by atoms with Gasteiger partial charge in [0.05, 0.1) is 10.6 Å². The van der Waals surface area contributed by atoms with Crippen molar-refractivity contribution in [3.05, 3.63) is 53.1 Å². The lowest BCUT2D eigenvalue weighted by Crippen LogP contribution is -2.75. The molecule has 11 heteroatoms. The maximum atomic E-state index is 13.6. The quantitative estimate of drug-likeness (QED) is 0.116. The second-order valence-corrected chi connectivity index (χ2v) is 15.8. The van der Waals surface area contributed by atoms with Crippen LogP contribution in [0.4, 0.5) is 11.4 Å². The minimum absolute atomic E-state index is 0.232. The normalized spacial score (nSPS) is 20.7. The number of aliphatic carboxylic acids is 1. The number of carboxylic acid groups (broad SMARTS) is 1. The number of nitrogens with zero attached hydrogens (tertiary/aromatic N) is 1. The van der Waals surface area contributed by atoms with Crippen molar-refractivity contribution in [3.8, 4) is 11.8 Å². The average Bonchev–Trinajstić information content (AvgIpc) is 3.82. The summed E-state index contributed by atoms with van der Waals surface area (Å²) in [6, 6.07) is 14.2. The molecule has 0 aromatic heterocycles. The zero-order valence-electron chi connectivity index (χ0n) is 29.0. The number of ether oxygens (including phenoxy) is 2. The lowest BCUT2D eigenvalue weighted by atomic mass is 9.49. The molecule has 0 saturated heterocycles. The van der Waals surface area contributed by atoms with E-state index < -0.39 is 33.7 Å². The zero-order chi connectivity index (χ0) is 35.5. The Bertz CT molecular complexity index is 1520. The molecule has 48 heavy (non-hydrogen) atoms. The van der Waals surface area contributed by atoms with Gasteiger partial charge in [0.1, 0.15) is 23.3 Å². The van der Waals surface area contributed by atoms with E-state index in [-0.39, 0.29) is 24.0 Å². The summed E-state index contributed by atoms with van der Waals surface area (Å²) in [6.07, 6.45) is 2.49. The lowest BCUT2D eigenvalue weighted by Gasteiger charge is -2.63. The predicted molar refractivity (Wildman–Crippen MR) is 186 cm³/mol. The second-order valence-electron chi connectivity index (χ2n) is 15.4. The van der Waals surface area contributed by atoms with Crippen LogP contribution in [0.5, 0.6) is 5.75 Å². The molecular weight excluding hydrogens is 632 g/mol. The van der Waals surface area contributed by atoms with Crippen LogP contribution in [-0.4, -0.2) is 54.3 Å². The predicted octanol–water partition coefficient (Wildman–Crippen LogP) is 7.03. The molecule has 1 unspecified atom stereocenters. The summed E-state index contributed by atoms with van der Waals surface area (Å²) in [5.41, 5.74) is -0.514. The molecule has 2 aromatic rings. The van der Waals surface area contributed by atoms with Gasteiger partial charge in [0.2, 0.25) is 11.8 Å². The third-order valence-corrected chi connectivity index (χ3v) is 9.95. The van der Waals surface area contributed by atoms with Crippen molar-refractivity contribution in [1.82, 2.24) is 5.32 Å². The Morgan fingerprint density at radius 2 is 1.60 bits per heavy atom. The highest BCUT2D eigenvalue weighted by Gasteiger charge is 2.66. The maximum absolute atomic E-state index is 13.6. The van der Waals surface area contributed by atoms with Gasteiger partial charge < -0.3 is 30.5 Å². The fourth-order valence-electron chi connectivity index (χ4n) is 7.00. The number of nitriles is 1. The van der Waals surface area contributed by atoms with E-state index in [2.05, 4.69) is 16.0 Å². The summed E-state index contributed by atoms with van der Waals surface area (Å²) >= 11 is 6.21. The fraction of sp³-hybridized carbons (Fsp3) is 0.568. The number of halogens is 1. The summed E-state index contributed by atoms with van der Waals surface area (Å²) < 4.78 is 11.9. The largest absolute Gasteiger partial charge is 0.489 e. The van der Waals surface area contributed by atoms with Gasteiger partial charge in [-0.05, 0) is 73.9 Å². The summed E-state index contributed by atoms with van der Waals surface area (Å²) in [6.45, 7) is 14.9.